The average Bonchev–Trinajstić information content (AvgIpc) is 3.51. The van der Waals surface area contributed by atoms with Gasteiger partial charge in [-0.2, -0.15) is 5.10 Å². The van der Waals surface area contributed by atoms with Crippen molar-refractivity contribution in [2.45, 2.75) is 20.3 Å². The minimum atomic E-state index is -1.42. The summed E-state index contributed by atoms with van der Waals surface area (Å²) < 4.78 is 48.4. The number of nitrogens with one attached hydrogen (secondary N) is 2. The molecule has 5 rings (SSSR count). The minimum Gasteiger partial charge on any atom is -0.436 e. The van der Waals surface area contributed by atoms with Gasteiger partial charge in [-0.1, -0.05) is 12.1 Å². The summed E-state index contributed by atoms with van der Waals surface area (Å²) in [5.41, 5.74) is 10.2. The van der Waals surface area contributed by atoms with Gasteiger partial charge < -0.3 is 20.2 Å². The fraction of sp³-hybridized carbons (Fsp3) is 0.179. The molecule has 0 radical (unpaired) electrons. The van der Waals surface area contributed by atoms with E-state index in [-0.39, 0.29) is 41.0 Å². The molecule has 0 amide bonds. The molecule has 9 nitrogen and oxygen atoms in total. The predicted molar refractivity (Wildman–Crippen MR) is 151 cm³/mol. The summed E-state index contributed by atoms with van der Waals surface area (Å²) in [5.74, 6) is -0.297. The van der Waals surface area contributed by atoms with E-state index in [0.717, 1.165) is 10.9 Å². The number of fused-ring (bicyclic) bond motifs is 1. The number of alkyl halides is 1. The molecular weight excluding hydrogens is 538 g/mol. The van der Waals surface area contributed by atoms with Crippen LogP contribution in [0.2, 0.25) is 0 Å². The van der Waals surface area contributed by atoms with E-state index in [1.807, 2.05) is 13.0 Å². The number of halogens is 2. The summed E-state index contributed by atoms with van der Waals surface area (Å²) >= 11 is 0. The summed E-state index contributed by atoms with van der Waals surface area (Å²) in [5, 5.41) is 5.10. The van der Waals surface area contributed by atoms with E-state index in [0.29, 0.717) is 28.1 Å². The minimum absolute atomic E-state index is 0.0510. The Balaban J connectivity index is 1.38. The van der Waals surface area contributed by atoms with Gasteiger partial charge in [-0.3, -0.25) is 9.18 Å². The number of rotatable bonds is 10. The quantitative estimate of drug-likeness (QED) is 0.191. The van der Waals surface area contributed by atoms with Crippen molar-refractivity contribution in [2.75, 3.05) is 22.9 Å². The fourth-order valence-electron chi connectivity index (χ4n) is 4.20. The van der Waals surface area contributed by atoms with Crippen LogP contribution >= 0.6 is 0 Å². The zero-order chi connectivity index (χ0) is 28.4. The van der Waals surface area contributed by atoms with Gasteiger partial charge in [-0.15, -0.1) is 0 Å². The molecule has 0 fully saturated rings. The number of benzene rings is 2. The van der Waals surface area contributed by atoms with Crippen LogP contribution in [0, 0.1) is 19.7 Å². The molecule has 0 aliphatic heterocycles. The third kappa shape index (κ3) is 5.43. The number of H-pyrrole nitrogens is 1. The fourth-order valence-corrected chi connectivity index (χ4v) is 5.14. The number of pyridine rings is 1. The smallest absolute Gasteiger partial charge is 0.219 e. The molecular formula is C28H26F2N6O3S. The summed E-state index contributed by atoms with van der Waals surface area (Å²) in [7, 11) is -1.42. The average molecular weight is 565 g/mol. The van der Waals surface area contributed by atoms with Crippen LogP contribution in [0.5, 0.6) is 11.6 Å². The summed E-state index contributed by atoms with van der Waals surface area (Å²) in [6.07, 6.45) is 3.08. The molecule has 5 aromatic rings. The number of hydrogen-bond acceptors (Lipinski definition) is 6. The Labute approximate surface area is 231 Å². The second-order valence-electron chi connectivity index (χ2n) is 9.16. The molecule has 0 saturated carbocycles. The lowest BCUT2D eigenvalue weighted by atomic mass is 10.1. The Bertz CT molecular complexity index is 1750. The van der Waals surface area contributed by atoms with Crippen molar-refractivity contribution in [3.8, 4) is 17.3 Å². The number of aromatic nitrogens is 4. The number of nitrogens with zero attached hydrogens (tertiary/aromatic N) is 3. The molecule has 1 atom stereocenters. The first kappa shape index (κ1) is 27.0. The third-order valence-corrected chi connectivity index (χ3v) is 7.39. The summed E-state index contributed by atoms with van der Waals surface area (Å²) in [6, 6.07) is 13.0. The van der Waals surface area contributed by atoms with Gasteiger partial charge in [0, 0.05) is 22.7 Å². The molecule has 0 saturated heterocycles. The zero-order valence-corrected chi connectivity index (χ0v) is 22.5. The van der Waals surface area contributed by atoms with Crippen LogP contribution in [-0.4, -0.2) is 42.2 Å². The lowest BCUT2D eigenvalue weighted by Gasteiger charge is -2.11. The van der Waals surface area contributed by atoms with Gasteiger partial charge in [0.2, 0.25) is 11.7 Å². The number of nitrogen functional groups attached to an aromatic ring is 1. The maximum atomic E-state index is 13.9. The SMILES string of the molecule is Cc1cc2cc(C(=O)c3cnn(-c4cnc(Oc5ccccc5F)cc4C)c3N)[nH]c2cc1NS(=O)CCCF. The normalized spacial score (nSPS) is 12.0. The van der Waals surface area contributed by atoms with Gasteiger partial charge in [0.05, 0.1) is 41.7 Å². The number of nitrogens with two attached hydrogens (primary N) is 1. The van der Waals surface area contributed by atoms with Gasteiger partial charge in [0.15, 0.2) is 11.6 Å². The highest BCUT2D eigenvalue weighted by molar-refractivity contribution is 7.86. The largest absolute Gasteiger partial charge is 0.436 e. The van der Waals surface area contributed by atoms with Gasteiger partial charge in [0.25, 0.3) is 0 Å². The van der Waals surface area contributed by atoms with Crippen LogP contribution in [-0.2, 0) is 11.0 Å². The molecule has 2 aromatic carbocycles. The van der Waals surface area contributed by atoms with Gasteiger partial charge in [0.1, 0.15) is 16.8 Å². The Kier molecular flexibility index (Phi) is 7.60. The number of ether oxygens (including phenoxy) is 1. The molecule has 206 valence electrons. The van der Waals surface area contributed by atoms with E-state index in [4.69, 9.17) is 10.5 Å². The molecule has 1 unspecified atom stereocenters. The van der Waals surface area contributed by atoms with Crippen LogP contribution in [0.15, 0.2) is 60.9 Å². The Morgan fingerprint density at radius 3 is 2.70 bits per heavy atom. The van der Waals surface area contributed by atoms with Crippen LogP contribution in [0.4, 0.5) is 20.3 Å². The monoisotopic (exact) mass is 564 g/mol. The number of para-hydroxylation sites is 1. The van der Waals surface area contributed by atoms with Crippen molar-refractivity contribution in [3.63, 3.8) is 0 Å². The predicted octanol–water partition coefficient (Wildman–Crippen LogP) is 5.55. The van der Waals surface area contributed by atoms with E-state index in [9.17, 15) is 17.8 Å². The lowest BCUT2D eigenvalue weighted by Crippen LogP contribution is -2.10. The number of carbonyl (C=O) groups is 1. The van der Waals surface area contributed by atoms with Crippen molar-refractivity contribution in [3.05, 3.63) is 89.1 Å². The van der Waals surface area contributed by atoms with Crippen molar-refractivity contribution in [1.82, 2.24) is 19.7 Å². The molecule has 0 spiro atoms. The Morgan fingerprint density at radius 1 is 1.15 bits per heavy atom. The Morgan fingerprint density at radius 2 is 1.95 bits per heavy atom. The first-order chi connectivity index (χ1) is 19.2. The molecule has 3 aromatic heterocycles. The highest BCUT2D eigenvalue weighted by atomic mass is 32.2. The number of aromatic amines is 1. The topological polar surface area (TPSA) is 128 Å². The number of carbonyl (C=O) groups excluding carboxylic acids is 1. The maximum Gasteiger partial charge on any atom is 0.219 e. The first-order valence-electron chi connectivity index (χ1n) is 12.4. The van der Waals surface area contributed by atoms with Crippen molar-refractivity contribution >= 4 is 39.2 Å². The van der Waals surface area contributed by atoms with Crippen molar-refractivity contribution in [2.24, 2.45) is 0 Å². The van der Waals surface area contributed by atoms with Crippen molar-refractivity contribution in [1.29, 1.82) is 0 Å². The number of ketones is 1. The third-order valence-electron chi connectivity index (χ3n) is 6.29. The van der Waals surface area contributed by atoms with Crippen molar-refractivity contribution < 1.29 is 22.5 Å². The highest BCUT2D eigenvalue weighted by Gasteiger charge is 2.21. The lowest BCUT2D eigenvalue weighted by molar-refractivity contribution is 0.103. The van der Waals surface area contributed by atoms with Gasteiger partial charge >= 0.3 is 0 Å². The van der Waals surface area contributed by atoms with Crippen LogP contribution in [0.3, 0.4) is 0 Å². The standard InChI is InChI=1S/C28H26F2N6O3S/c1-16-10-18-12-23(34-22(18)13-21(16)35-40(38)9-5-8-29)27(37)19-14-33-36(28(19)31)24-15-32-26(11-17(24)2)39-25-7-4-3-6-20(25)30/h3-4,6-7,10-15,34-35H,5,8-9,31H2,1-2H3. The Hall–Kier alpha value is -4.58. The van der Waals surface area contributed by atoms with E-state index in [1.165, 1.54) is 29.2 Å². The molecule has 0 bridgehead atoms. The number of hydrogen-bond donors (Lipinski definition) is 3. The van der Waals surface area contributed by atoms with E-state index in [1.54, 1.807) is 37.3 Å². The molecule has 3 heterocycles. The summed E-state index contributed by atoms with van der Waals surface area (Å²) in [4.78, 5) is 20.7. The number of anilines is 2. The molecule has 0 aliphatic carbocycles. The summed E-state index contributed by atoms with van der Waals surface area (Å²) in [6.45, 7) is 3.12. The first-order valence-corrected chi connectivity index (χ1v) is 13.7. The van der Waals surface area contributed by atoms with Gasteiger partial charge in [-0.25, -0.2) is 18.3 Å². The maximum absolute atomic E-state index is 13.9. The number of aryl methyl sites for hydroxylation is 2. The highest BCUT2D eigenvalue weighted by Crippen LogP contribution is 2.29. The molecule has 12 heteroatoms. The molecule has 4 N–H and O–H groups in total. The molecule has 0 aliphatic rings. The zero-order valence-electron chi connectivity index (χ0n) is 21.7. The van der Waals surface area contributed by atoms with E-state index < -0.39 is 23.5 Å². The van der Waals surface area contributed by atoms with Crippen LogP contribution in [0.25, 0.3) is 16.6 Å². The van der Waals surface area contributed by atoms with Crippen LogP contribution in [0.1, 0.15) is 33.6 Å². The van der Waals surface area contributed by atoms with E-state index in [2.05, 4.69) is 19.8 Å². The van der Waals surface area contributed by atoms with E-state index >= 15 is 0 Å². The molecule has 40 heavy (non-hydrogen) atoms. The van der Waals surface area contributed by atoms with Gasteiger partial charge in [-0.05, 0) is 61.7 Å². The second-order valence-corrected chi connectivity index (χ2v) is 10.5. The van der Waals surface area contributed by atoms with Crippen LogP contribution < -0.4 is 15.2 Å². The second kappa shape index (κ2) is 11.3.